The van der Waals surface area contributed by atoms with Crippen molar-refractivity contribution in [1.82, 2.24) is 0 Å². The van der Waals surface area contributed by atoms with E-state index in [2.05, 4.69) is 0 Å². The summed E-state index contributed by atoms with van der Waals surface area (Å²) in [6, 6.07) is 9.70. The summed E-state index contributed by atoms with van der Waals surface area (Å²) in [4.78, 5) is 23.0. The molecule has 0 spiro atoms. The van der Waals surface area contributed by atoms with Gasteiger partial charge in [-0.2, -0.15) is 0 Å². The number of rotatable bonds is 7. The number of esters is 1. The van der Waals surface area contributed by atoms with E-state index < -0.39 is 0 Å². The zero-order chi connectivity index (χ0) is 13.7. The highest BCUT2D eigenvalue weighted by Gasteiger charge is 2.44. The summed E-state index contributed by atoms with van der Waals surface area (Å²) >= 11 is 0. The first kappa shape index (κ1) is 13.7. The average molecular weight is 262 g/mol. The third-order valence-corrected chi connectivity index (χ3v) is 3.05. The Morgan fingerprint density at radius 2 is 1.95 bits per heavy atom. The molecule has 1 aromatic carbocycles. The fourth-order valence-corrected chi connectivity index (χ4v) is 2.04. The first-order valence-corrected chi connectivity index (χ1v) is 6.61. The highest BCUT2D eigenvalue weighted by Crippen LogP contribution is 2.39. The Bertz CT molecular complexity index is 441. The van der Waals surface area contributed by atoms with Crippen molar-refractivity contribution in [1.29, 1.82) is 0 Å². The number of epoxide rings is 1. The smallest absolute Gasteiger partial charge is 0.305 e. The van der Waals surface area contributed by atoms with E-state index in [1.54, 1.807) is 6.92 Å². The second-order valence-corrected chi connectivity index (χ2v) is 4.51. The molecule has 0 saturated carbocycles. The van der Waals surface area contributed by atoms with E-state index in [0.717, 1.165) is 5.56 Å². The summed E-state index contributed by atoms with van der Waals surface area (Å²) in [7, 11) is 0. The van der Waals surface area contributed by atoms with Crippen molar-refractivity contribution in [2.75, 3.05) is 6.61 Å². The van der Waals surface area contributed by atoms with E-state index in [1.165, 1.54) is 0 Å². The number of benzene rings is 1. The maximum Gasteiger partial charge on any atom is 0.305 e. The van der Waals surface area contributed by atoms with Crippen LogP contribution in [-0.2, 0) is 19.1 Å². The average Bonchev–Trinajstić information content (AvgIpc) is 3.20. The molecular formula is C15H18O4. The van der Waals surface area contributed by atoms with Crippen molar-refractivity contribution >= 4 is 11.8 Å². The molecule has 1 heterocycles. The second kappa shape index (κ2) is 6.48. The van der Waals surface area contributed by atoms with Crippen LogP contribution in [0, 0.1) is 0 Å². The third kappa shape index (κ3) is 3.89. The molecule has 0 radical (unpaired) electrons. The lowest BCUT2D eigenvalue weighted by molar-refractivity contribution is -0.143. The van der Waals surface area contributed by atoms with Gasteiger partial charge in [-0.1, -0.05) is 30.3 Å². The molecule has 1 aromatic rings. The van der Waals surface area contributed by atoms with Crippen LogP contribution in [0.4, 0.5) is 0 Å². The third-order valence-electron chi connectivity index (χ3n) is 3.05. The quantitative estimate of drug-likeness (QED) is 0.559. The molecule has 1 saturated heterocycles. The molecule has 4 heteroatoms. The van der Waals surface area contributed by atoms with Crippen molar-refractivity contribution < 1.29 is 19.1 Å². The van der Waals surface area contributed by atoms with Gasteiger partial charge in [0, 0.05) is 12.8 Å². The number of hydrogen-bond donors (Lipinski definition) is 0. The normalized spacial score (nSPS) is 20.9. The largest absolute Gasteiger partial charge is 0.466 e. The Kier molecular flexibility index (Phi) is 4.68. The Balaban J connectivity index is 1.70. The van der Waals surface area contributed by atoms with Crippen molar-refractivity contribution in [2.24, 2.45) is 0 Å². The van der Waals surface area contributed by atoms with Crippen LogP contribution in [0.2, 0.25) is 0 Å². The molecule has 0 bridgehead atoms. The van der Waals surface area contributed by atoms with Crippen LogP contribution in [0.5, 0.6) is 0 Å². The second-order valence-electron chi connectivity index (χ2n) is 4.51. The lowest BCUT2D eigenvalue weighted by Gasteiger charge is -2.00. The highest BCUT2D eigenvalue weighted by molar-refractivity contribution is 5.86. The molecule has 0 N–H and O–H groups in total. The Morgan fingerprint density at radius 3 is 2.63 bits per heavy atom. The van der Waals surface area contributed by atoms with Gasteiger partial charge in [0.25, 0.3) is 0 Å². The zero-order valence-corrected chi connectivity index (χ0v) is 11.0. The van der Waals surface area contributed by atoms with Crippen LogP contribution in [0.15, 0.2) is 30.3 Å². The molecule has 2 rings (SSSR count). The van der Waals surface area contributed by atoms with Crippen molar-refractivity contribution in [3.63, 3.8) is 0 Å². The van der Waals surface area contributed by atoms with Crippen molar-refractivity contribution in [2.45, 2.75) is 38.4 Å². The minimum atomic E-state index is -0.329. The summed E-state index contributed by atoms with van der Waals surface area (Å²) in [5.74, 6) is -0.176. The van der Waals surface area contributed by atoms with E-state index in [9.17, 15) is 9.59 Å². The van der Waals surface area contributed by atoms with E-state index in [0.29, 0.717) is 25.9 Å². The van der Waals surface area contributed by atoms with Gasteiger partial charge in [0.05, 0.1) is 6.61 Å². The van der Waals surface area contributed by atoms with E-state index in [4.69, 9.17) is 9.47 Å². The summed E-state index contributed by atoms with van der Waals surface area (Å²) in [6.07, 6.45) is 0.759. The van der Waals surface area contributed by atoms with Crippen LogP contribution in [0.3, 0.4) is 0 Å². The molecule has 0 unspecified atom stereocenters. The first-order chi connectivity index (χ1) is 9.22. The van der Waals surface area contributed by atoms with Crippen LogP contribution in [0.1, 0.15) is 37.9 Å². The fourth-order valence-electron chi connectivity index (χ4n) is 2.04. The number of ether oxygens (including phenoxy) is 2. The summed E-state index contributed by atoms with van der Waals surface area (Å²) < 4.78 is 10.2. The maximum atomic E-state index is 11.9. The summed E-state index contributed by atoms with van der Waals surface area (Å²) in [6.45, 7) is 2.15. The van der Waals surface area contributed by atoms with Crippen LogP contribution < -0.4 is 0 Å². The van der Waals surface area contributed by atoms with Gasteiger partial charge in [-0.15, -0.1) is 0 Å². The van der Waals surface area contributed by atoms with Gasteiger partial charge < -0.3 is 9.47 Å². The number of carbonyl (C=O) groups is 2. The minimum absolute atomic E-state index is 0.0677. The lowest BCUT2D eigenvalue weighted by atomic mass is 10.0. The number of hydrogen-bond acceptors (Lipinski definition) is 4. The Morgan fingerprint density at radius 1 is 1.21 bits per heavy atom. The Labute approximate surface area is 112 Å². The summed E-state index contributed by atoms with van der Waals surface area (Å²) in [5, 5.41) is 0. The van der Waals surface area contributed by atoms with Gasteiger partial charge >= 0.3 is 5.97 Å². The van der Waals surface area contributed by atoms with Gasteiger partial charge in [-0.05, 0) is 18.9 Å². The molecule has 2 atom stereocenters. The fraction of sp³-hybridized carbons (Fsp3) is 0.467. The van der Waals surface area contributed by atoms with Crippen LogP contribution in [0.25, 0.3) is 0 Å². The van der Waals surface area contributed by atoms with Gasteiger partial charge in [0.1, 0.15) is 12.2 Å². The molecule has 0 amide bonds. The van der Waals surface area contributed by atoms with Crippen molar-refractivity contribution in [3.05, 3.63) is 35.9 Å². The lowest BCUT2D eigenvalue weighted by Crippen LogP contribution is -2.09. The molecule has 19 heavy (non-hydrogen) atoms. The van der Waals surface area contributed by atoms with Gasteiger partial charge in [-0.25, -0.2) is 0 Å². The summed E-state index contributed by atoms with van der Waals surface area (Å²) in [5.41, 5.74) is 1.03. The molecule has 1 fully saturated rings. The molecule has 1 aliphatic rings. The Hall–Kier alpha value is -1.68. The number of ketones is 1. The molecule has 0 aliphatic carbocycles. The highest BCUT2D eigenvalue weighted by atomic mass is 16.6. The minimum Gasteiger partial charge on any atom is -0.466 e. The molecular weight excluding hydrogens is 244 g/mol. The monoisotopic (exact) mass is 262 g/mol. The molecule has 1 aliphatic heterocycles. The van der Waals surface area contributed by atoms with Gasteiger partial charge in [-0.3, -0.25) is 9.59 Å². The standard InChI is InChI=1S/C15H18O4/c1-2-18-13(17)10-6-9-12(16)15-14(19-15)11-7-4-3-5-8-11/h3-5,7-8,14-15H,2,6,9-10H2,1H3/t14-,15+/m1/s1. The van der Waals surface area contributed by atoms with Crippen LogP contribution >= 0.6 is 0 Å². The van der Waals surface area contributed by atoms with E-state index >= 15 is 0 Å². The predicted molar refractivity (Wildman–Crippen MR) is 69.5 cm³/mol. The van der Waals surface area contributed by atoms with E-state index in [-0.39, 0.29) is 24.0 Å². The van der Waals surface area contributed by atoms with Gasteiger partial charge in [0.15, 0.2) is 5.78 Å². The van der Waals surface area contributed by atoms with Crippen molar-refractivity contribution in [3.8, 4) is 0 Å². The SMILES string of the molecule is CCOC(=O)CCCC(=O)[C@@H]1O[C@@H]1c1ccccc1. The molecule has 102 valence electrons. The topological polar surface area (TPSA) is 55.9 Å². The maximum absolute atomic E-state index is 11.9. The predicted octanol–water partition coefficient (Wildman–Crippen LogP) is 2.43. The van der Waals surface area contributed by atoms with Crippen LogP contribution in [-0.4, -0.2) is 24.5 Å². The first-order valence-electron chi connectivity index (χ1n) is 6.61. The number of Topliss-reactive ketones (excluding diaryl/α,β-unsaturated/α-hetero) is 1. The number of carbonyl (C=O) groups excluding carboxylic acids is 2. The molecule has 4 nitrogen and oxygen atoms in total. The van der Waals surface area contributed by atoms with Gasteiger partial charge in [0.2, 0.25) is 0 Å². The zero-order valence-electron chi connectivity index (χ0n) is 11.0. The van der Waals surface area contributed by atoms with E-state index in [1.807, 2.05) is 30.3 Å². The molecule has 0 aromatic heterocycles.